The van der Waals surface area contributed by atoms with Gasteiger partial charge in [-0.2, -0.15) is 0 Å². The van der Waals surface area contributed by atoms with Crippen molar-refractivity contribution in [1.82, 2.24) is 0 Å². The van der Waals surface area contributed by atoms with E-state index in [1.807, 2.05) is 24.3 Å². The van der Waals surface area contributed by atoms with Crippen molar-refractivity contribution in [1.29, 1.82) is 0 Å². The van der Waals surface area contributed by atoms with Crippen molar-refractivity contribution < 1.29 is 9.53 Å². The highest BCUT2D eigenvalue weighted by molar-refractivity contribution is 5.94. The van der Waals surface area contributed by atoms with E-state index < -0.39 is 5.91 Å². The summed E-state index contributed by atoms with van der Waals surface area (Å²) in [5, 5.41) is 3.21. The minimum Gasteiger partial charge on any atom is -0.497 e. The number of nitrogens with one attached hydrogen (secondary N) is 1. The second kappa shape index (κ2) is 5.97. The molecule has 0 heterocycles. The van der Waals surface area contributed by atoms with Gasteiger partial charge in [-0.3, -0.25) is 4.79 Å². The molecule has 104 valence electrons. The molecule has 1 amide bonds. The molecule has 0 spiro atoms. The molecule has 0 atom stereocenters. The summed E-state index contributed by atoms with van der Waals surface area (Å²) in [5.74, 6) is 0.331. The summed E-state index contributed by atoms with van der Waals surface area (Å²) >= 11 is 0. The zero-order chi connectivity index (χ0) is 14.5. The molecule has 0 radical (unpaired) electrons. The molecular weight excluding hydrogens is 254 g/mol. The molecule has 5 heteroatoms. The zero-order valence-electron chi connectivity index (χ0n) is 11.2. The summed E-state index contributed by atoms with van der Waals surface area (Å²) in [6.45, 7) is 0.629. The first kappa shape index (κ1) is 13.7. The third-order valence-corrected chi connectivity index (χ3v) is 2.98. The van der Waals surface area contributed by atoms with Crippen molar-refractivity contribution in [2.75, 3.05) is 18.2 Å². The van der Waals surface area contributed by atoms with Crippen LogP contribution in [0, 0.1) is 0 Å². The van der Waals surface area contributed by atoms with Crippen molar-refractivity contribution in [3.05, 3.63) is 53.6 Å². The molecule has 0 aliphatic heterocycles. The third kappa shape index (κ3) is 3.20. The molecule has 0 aromatic heterocycles. The molecule has 2 aromatic carbocycles. The zero-order valence-corrected chi connectivity index (χ0v) is 11.2. The van der Waals surface area contributed by atoms with Crippen molar-refractivity contribution in [3.8, 4) is 5.75 Å². The van der Waals surface area contributed by atoms with Gasteiger partial charge in [0.05, 0.1) is 18.5 Å². The highest BCUT2D eigenvalue weighted by atomic mass is 16.5. The van der Waals surface area contributed by atoms with Crippen LogP contribution in [0.1, 0.15) is 15.9 Å². The lowest BCUT2D eigenvalue weighted by atomic mass is 10.1. The first-order valence-corrected chi connectivity index (χ1v) is 6.16. The average molecular weight is 271 g/mol. The fraction of sp³-hybridized carbons (Fsp3) is 0.133. The van der Waals surface area contributed by atoms with Crippen molar-refractivity contribution in [3.63, 3.8) is 0 Å². The van der Waals surface area contributed by atoms with E-state index >= 15 is 0 Å². The van der Waals surface area contributed by atoms with Gasteiger partial charge in [-0.1, -0.05) is 12.1 Å². The van der Waals surface area contributed by atoms with Gasteiger partial charge in [0, 0.05) is 12.1 Å². The van der Waals surface area contributed by atoms with Gasteiger partial charge in [-0.05, 0) is 35.9 Å². The summed E-state index contributed by atoms with van der Waals surface area (Å²) in [7, 11) is 1.63. The fourth-order valence-electron chi connectivity index (χ4n) is 1.82. The van der Waals surface area contributed by atoms with E-state index in [-0.39, 0.29) is 0 Å². The van der Waals surface area contributed by atoms with Crippen LogP contribution in [0.2, 0.25) is 0 Å². The van der Waals surface area contributed by atoms with Crippen molar-refractivity contribution in [2.24, 2.45) is 5.73 Å². The number of hydrogen-bond donors (Lipinski definition) is 3. The van der Waals surface area contributed by atoms with Gasteiger partial charge >= 0.3 is 0 Å². The lowest BCUT2D eigenvalue weighted by molar-refractivity contribution is 0.100. The van der Waals surface area contributed by atoms with E-state index in [1.165, 1.54) is 0 Å². The van der Waals surface area contributed by atoms with E-state index in [1.54, 1.807) is 25.3 Å². The Bertz CT molecular complexity index is 609. The number of amides is 1. The number of anilines is 2. The first-order chi connectivity index (χ1) is 9.60. The van der Waals surface area contributed by atoms with Gasteiger partial charge < -0.3 is 21.5 Å². The summed E-state index contributed by atoms with van der Waals surface area (Å²) in [6, 6.07) is 12.7. The summed E-state index contributed by atoms with van der Waals surface area (Å²) in [5.41, 5.74) is 13.8. The van der Waals surface area contributed by atoms with Crippen molar-refractivity contribution in [2.45, 2.75) is 6.54 Å². The second-order valence-electron chi connectivity index (χ2n) is 4.37. The average Bonchev–Trinajstić information content (AvgIpc) is 2.46. The SMILES string of the molecule is COc1ccc(CNc2ccc(C(N)=O)cc2N)cc1. The number of benzene rings is 2. The summed E-state index contributed by atoms with van der Waals surface area (Å²) in [6.07, 6.45) is 0. The van der Waals surface area contributed by atoms with Gasteiger partial charge in [-0.15, -0.1) is 0 Å². The Balaban J connectivity index is 2.04. The van der Waals surface area contributed by atoms with Gasteiger partial charge in [-0.25, -0.2) is 0 Å². The van der Waals surface area contributed by atoms with Crippen LogP contribution in [0.15, 0.2) is 42.5 Å². The van der Waals surface area contributed by atoms with E-state index in [0.29, 0.717) is 17.8 Å². The molecular formula is C15H17N3O2. The lowest BCUT2D eigenvalue weighted by Crippen LogP contribution is -2.12. The molecule has 0 aliphatic carbocycles. The maximum Gasteiger partial charge on any atom is 0.248 e. The quantitative estimate of drug-likeness (QED) is 0.725. The predicted molar refractivity (Wildman–Crippen MR) is 79.7 cm³/mol. The van der Waals surface area contributed by atoms with Gasteiger partial charge in [0.25, 0.3) is 0 Å². The fourth-order valence-corrected chi connectivity index (χ4v) is 1.82. The van der Waals surface area contributed by atoms with E-state index in [0.717, 1.165) is 17.0 Å². The Morgan fingerprint density at radius 3 is 2.45 bits per heavy atom. The largest absolute Gasteiger partial charge is 0.497 e. The van der Waals surface area contributed by atoms with Gasteiger partial charge in [0.1, 0.15) is 5.75 Å². The number of carbonyl (C=O) groups excluding carboxylic acids is 1. The monoisotopic (exact) mass is 271 g/mol. The number of rotatable bonds is 5. The molecule has 0 saturated heterocycles. The summed E-state index contributed by atoms with van der Waals surface area (Å²) in [4.78, 5) is 11.0. The van der Waals surface area contributed by atoms with Crippen molar-refractivity contribution >= 4 is 17.3 Å². The predicted octanol–water partition coefficient (Wildman–Crippen LogP) is 1.99. The minimum absolute atomic E-state index is 0.400. The van der Waals surface area contributed by atoms with Crippen LogP contribution < -0.4 is 21.5 Å². The van der Waals surface area contributed by atoms with Crippen LogP contribution in [-0.4, -0.2) is 13.0 Å². The van der Waals surface area contributed by atoms with Crippen LogP contribution in [0.25, 0.3) is 0 Å². The molecule has 2 aromatic rings. The van der Waals surface area contributed by atoms with E-state index in [4.69, 9.17) is 16.2 Å². The number of nitrogen functional groups attached to an aromatic ring is 1. The molecule has 20 heavy (non-hydrogen) atoms. The second-order valence-corrected chi connectivity index (χ2v) is 4.37. The molecule has 0 bridgehead atoms. The Kier molecular flexibility index (Phi) is 4.10. The lowest BCUT2D eigenvalue weighted by Gasteiger charge is -2.10. The molecule has 5 N–H and O–H groups in total. The van der Waals surface area contributed by atoms with Crippen LogP contribution in [-0.2, 0) is 6.54 Å². The number of hydrogen-bond acceptors (Lipinski definition) is 4. The highest BCUT2D eigenvalue weighted by Gasteiger charge is 2.04. The Labute approximate surface area is 117 Å². The van der Waals surface area contributed by atoms with E-state index in [2.05, 4.69) is 5.32 Å². The normalized spacial score (nSPS) is 10.1. The Morgan fingerprint density at radius 1 is 1.20 bits per heavy atom. The minimum atomic E-state index is -0.488. The molecule has 0 unspecified atom stereocenters. The van der Waals surface area contributed by atoms with Gasteiger partial charge in [0.2, 0.25) is 5.91 Å². The molecule has 0 fully saturated rings. The Hall–Kier alpha value is -2.69. The number of ether oxygens (including phenoxy) is 1. The topological polar surface area (TPSA) is 90.4 Å². The third-order valence-electron chi connectivity index (χ3n) is 2.98. The van der Waals surface area contributed by atoms with Crippen LogP contribution in [0.4, 0.5) is 11.4 Å². The molecule has 5 nitrogen and oxygen atoms in total. The smallest absolute Gasteiger partial charge is 0.248 e. The number of carbonyl (C=O) groups is 1. The number of primary amides is 1. The van der Waals surface area contributed by atoms with E-state index in [9.17, 15) is 4.79 Å². The van der Waals surface area contributed by atoms with Gasteiger partial charge in [0.15, 0.2) is 0 Å². The molecule has 0 aliphatic rings. The standard InChI is InChI=1S/C15H17N3O2/c1-20-12-5-2-10(3-6-12)9-18-14-7-4-11(15(17)19)8-13(14)16/h2-8,18H,9,16H2,1H3,(H2,17,19). The molecule has 0 saturated carbocycles. The number of nitrogens with two attached hydrogens (primary N) is 2. The summed E-state index contributed by atoms with van der Waals surface area (Å²) < 4.78 is 5.10. The number of methoxy groups -OCH3 is 1. The maximum absolute atomic E-state index is 11.0. The Morgan fingerprint density at radius 2 is 1.90 bits per heavy atom. The highest BCUT2D eigenvalue weighted by Crippen LogP contribution is 2.21. The van der Waals surface area contributed by atoms with Crippen LogP contribution in [0.3, 0.4) is 0 Å². The van der Waals surface area contributed by atoms with Crippen LogP contribution in [0.5, 0.6) is 5.75 Å². The molecule has 2 rings (SSSR count). The van der Waals surface area contributed by atoms with Crippen LogP contribution >= 0.6 is 0 Å². The maximum atomic E-state index is 11.0. The first-order valence-electron chi connectivity index (χ1n) is 6.16.